The van der Waals surface area contributed by atoms with Gasteiger partial charge in [0, 0.05) is 12.5 Å². The van der Waals surface area contributed by atoms with Crippen molar-refractivity contribution in [2.24, 2.45) is 11.8 Å². The maximum absolute atomic E-state index is 12.3. The molecule has 1 aromatic carbocycles. The molecule has 0 aliphatic heterocycles. The Morgan fingerprint density at radius 1 is 1.27 bits per heavy atom. The van der Waals surface area contributed by atoms with Gasteiger partial charge in [0.15, 0.2) is 0 Å². The summed E-state index contributed by atoms with van der Waals surface area (Å²) in [4.78, 5) is 12.3. The van der Waals surface area contributed by atoms with Crippen LogP contribution in [0.1, 0.15) is 43.6 Å². The van der Waals surface area contributed by atoms with Gasteiger partial charge in [-0.3, -0.25) is 4.79 Å². The third kappa shape index (κ3) is 3.58. The molecule has 0 heterocycles. The first-order chi connectivity index (χ1) is 10.6. The maximum atomic E-state index is 12.3. The first-order valence-corrected chi connectivity index (χ1v) is 8.71. The molecule has 0 saturated heterocycles. The van der Waals surface area contributed by atoms with Crippen LogP contribution in [0, 0.1) is 11.8 Å². The lowest BCUT2D eigenvalue weighted by Crippen LogP contribution is -2.34. The lowest BCUT2D eigenvalue weighted by Gasteiger charge is -2.25. The number of amides is 1. The zero-order valence-electron chi connectivity index (χ0n) is 12.4. The van der Waals surface area contributed by atoms with Crippen molar-refractivity contribution in [2.45, 2.75) is 44.1 Å². The number of halogens is 2. The summed E-state index contributed by atoms with van der Waals surface area (Å²) in [6, 6.07) is 5.59. The molecule has 2 N–H and O–H groups in total. The molecule has 3 nitrogen and oxygen atoms in total. The van der Waals surface area contributed by atoms with E-state index < -0.39 is 0 Å². The zero-order chi connectivity index (χ0) is 15.7. The van der Waals surface area contributed by atoms with Crippen LogP contribution in [-0.2, 0) is 4.79 Å². The number of carbonyl (C=O) groups is 1. The molecule has 120 valence electrons. The number of benzene rings is 1. The molecule has 0 spiro atoms. The number of nitrogens with one attached hydrogen (secondary N) is 1. The lowest BCUT2D eigenvalue weighted by molar-refractivity contribution is -0.122. The third-order valence-electron chi connectivity index (χ3n) is 4.83. The summed E-state index contributed by atoms with van der Waals surface area (Å²) in [7, 11) is 0. The zero-order valence-corrected chi connectivity index (χ0v) is 13.9. The Morgan fingerprint density at radius 2 is 2.09 bits per heavy atom. The van der Waals surface area contributed by atoms with Crippen molar-refractivity contribution in [3.8, 4) is 0 Å². The van der Waals surface area contributed by atoms with Gasteiger partial charge in [-0.1, -0.05) is 41.8 Å². The second-order valence-corrected chi connectivity index (χ2v) is 7.31. The number of aliphatic hydroxyl groups is 1. The van der Waals surface area contributed by atoms with Gasteiger partial charge >= 0.3 is 0 Å². The Hall–Kier alpha value is -0.770. The average molecular weight is 342 g/mol. The van der Waals surface area contributed by atoms with E-state index in [2.05, 4.69) is 5.32 Å². The first kappa shape index (κ1) is 16.1. The third-order valence-corrected chi connectivity index (χ3v) is 5.66. The van der Waals surface area contributed by atoms with E-state index in [0.29, 0.717) is 22.5 Å². The number of aliphatic hydroxyl groups excluding tert-OH is 1. The summed E-state index contributed by atoms with van der Waals surface area (Å²) in [6.07, 6.45) is 4.46. The van der Waals surface area contributed by atoms with Crippen LogP contribution in [0.5, 0.6) is 0 Å². The van der Waals surface area contributed by atoms with E-state index in [1.807, 2.05) is 12.1 Å². The van der Waals surface area contributed by atoms with Gasteiger partial charge < -0.3 is 10.4 Å². The normalized spacial score (nSPS) is 30.9. The molecule has 1 aromatic rings. The number of hydrogen-bond acceptors (Lipinski definition) is 2. The molecule has 1 amide bonds. The highest BCUT2D eigenvalue weighted by molar-refractivity contribution is 6.42. The Bertz CT molecular complexity index is 564. The van der Waals surface area contributed by atoms with Crippen LogP contribution < -0.4 is 5.32 Å². The largest absolute Gasteiger partial charge is 0.393 e. The van der Waals surface area contributed by atoms with E-state index in [4.69, 9.17) is 23.2 Å². The van der Waals surface area contributed by atoms with Gasteiger partial charge in [0.2, 0.25) is 5.91 Å². The van der Waals surface area contributed by atoms with Crippen molar-refractivity contribution in [3.63, 3.8) is 0 Å². The van der Waals surface area contributed by atoms with Crippen molar-refractivity contribution in [2.75, 3.05) is 6.54 Å². The van der Waals surface area contributed by atoms with Gasteiger partial charge in [-0.05, 0) is 49.1 Å². The fraction of sp³-hybridized carbons (Fsp3) is 0.588. The molecule has 4 unspecified atom stereocenters. The van der Waals surface area contributed by atoms with Gasteiger partial charge in [-0.25, -0.2) is 0 Å². The van der Waals surface area contributed by atoms with E-state index in [1.165, 1.54) is 0 Å². The minimum Gasteiger partial charge on any atom is -0.393 e. The molecule has 2 saturated carbocycles. The van der Waals surface area contributed by atoms with Crippen molar-refractivity contribution in [1.29, 1.82) is 0 Å². The Morgan fingerprint density at radius 3 is 2.86 bits per heavy atom. The number of carbonyl (C=O) groups excluding carboxylic acids is 1. The van der Waals surface area contributed by atoms with E-state index in [0.717, 1.165) is 37.7 Å². The monoisotopic (exact) mass is 341 g/mol. The molecule has 2 aliphatic rings. The Balaban J connectivity index is 1.51. The lowest BCUT2D eigenvalue weighted by atomic mass is 9.87. The summed E-state index contributed by atoms with van der Waals surface area (Å²) in [5.74, 6) is 0.688. The van der Waals surface area contributed by atoms with Crippen LogP contribution in [0.4, 0.5) is 0 Å². The van der Waals surface area contributed by atoms with Crippen LogP contribution in [0.2, 0.25) is 10.0 Å². The van der Waals surface area contributed by atoms with Crippen molar-refractivity contribution in [3.05, 3.63) is 33.8 Å². The van der Waals surface area contributed by atoms with Crippen LogP contribution >= 0.6 is 23.2 Å². The topological polar surface area (TPSA) is 49.3 Å². The quantitative estimate of drug-likeness (QED) is 0.875. The highest BCUT2D eigenvalue weighted by Gasteiger charge is 2.45. The fourth-order valence-electron chi connectivity index (χ4n) is 3.46. The summed E-state index contributed by atoms with van der Waals surface area (Å²) in [5, 5.41) is 13.8. The standard InChI is InChI=1S/C17H21Cl2NO2/c18-15-6-2-5-12(16(15)19)13-8-14(13)17(22)20-9-10-3-1-4-11(21)7-10/h2,5-6,10-11,13-14,21H,1,3-4,7-9H2,(H,20,22). The molecule has 3 rings (SSSR count). The van der Waals surface area contributed by atoms with E-state index in [9.17, 15) is 9.90 Å². The minimum absolute atomic E-state index is 0.00415. The molecule has 22 heavy (non-hydrogen) atoms. The summed E-state index contributed by atoms with van der Waals surface area (Å²) in [6.45, 7) is 0.669. The molecule has 4 atom stereocenters. The molecule has 2 aliphatic carbocycles. The fourth-order valence-corrected chi connectivity index (χ4v) is 3.91. The van der Waals surface area contributed by atoms with Gasteiger partial charge in [0.25, 0.3) is 0 Å². The number of rotatable bonds is 4. The summed E-state index contributed by atoms with van der Waals surface area (Å²) >= 11 is 12.3. The highest BCUT2D eigenvalue weighted by atomic mass is 35.5. The van der Waals surface area contributed by atoms with Crippen LogP contribution in [0.3, 0.4) is 0 Å². The SMILES string of the molecule is O=C(NCC1CCCC(O)C1)C1CC1c1cccc(Cl)c1Cl. The second kappa shape index (κ2) is 6.77. The van der Waals surface area contributed by atoms with Crippen molar-refractivity contribution in [1.82, 2.24) is 5.32 Å². The molecular weight excluding hydrogens is 321 g/mol. The Labute approximate surface area is 141 Å². The van der Waals surface area contributed by atoms with Crippen LogP contribution in [0.15, 0.2) is 18.2 Å². The van der Waals surface area contributed by atoms with Crippen molar-refractivity contribution >= 4 is 29.1 Å². The molecule has 5 heteroatoms. The molecule has 2 fully saturated rings. The predicted molar refractivity (Wildman–Crippen MR) is 88.3 cm³/mol. The smallest absolute Gasteiger partial charge is 0.223 e. The van der Waals surface area contributed by atoms with E-state index in [-0.39, 0.29) is 23.8 Å². The van der Waals surface area contributed by atoms with Gasteiger partial charge in [0.1, 0.15) is 0 Å². The highest BCUT2D eigenvalue weighted by Crippen LogP contribution is 2.50. The molecule has 0 bridgehead atoms. The van der Waals surface area contributed by atoms with Gasteiger partial charge in [-0.2, -0.15) is 0 Å². The predicted octanol–water partition coefficient (Wildman–Crippen LogP) is 3.76. The van der Waals surface area contributed by atoms with E-state index >= 15 is 0 Å². The summed E-state index contributed by atoms with van der Waals surface area (Å²) < 4.78 is 0. The molecule has 0 aromatic heterocycles. The molecular formula is C17H21Cl2NO2. The second-order valence-electron chi connectivity index (χ2n) is 6.52. The minimum atomic E-state index is -0.199. The maximum Gasteiger partial charge on any atom is 0.223 e. The first-order valence-electron chi connectivity index (χ1n) is 7.96. The van der Waals surface area contributed by atoms with Crippen LogP contribution in [0.25, 0.3) is 0 Å². The average Bonchev–Trinajstić information content (AvgIpc) is 3.28. The van der Waals surface area contributed by atoms with Crippen molar-refractivity contribution < 1.29 is 9.90 Å². The van der Waals surface area contributed by atoms with Gasteiger partial charge in [-0.15, -0.1) is 0 Å². The van der Waals surface area contributed by atoms with E-state index in [1.54, 1.807) is 6.07 Å². The number of hydrogen-bond donors (Lipinski definition) is 2. The molecule has 0 radical (unpaired) electrons. The Kier molecular flexibility index (Phi) is 4.96. The summed E-state index contributed by atoms with van der Waals surface area (Å²) in [5.41, 5.74) is 0.974. The van der Waals surface area contributed by atoms with Gasteiger partial charge in [0.05, 0.1) is 16.1 Å². The van der Waals surface area contributed by atoms with Crippen LogP contribution in [-0.4, -0.2) is 23.7 Å².